The number of alkyl halides is 3. The molecule has 1 rings (SSSR count). The number of rotatable bonds is 10. The highest BCUT2D eigenvalue weighted by atomic mass is 32.2. The Bertz CT molecular complexity index is 733. The number of esters is 1. The fraction of sp³-hybridized carbons (Fsp3) is 0.500. The Balaban J connectivity index is 3.22. The summed E-state index contributed by atoms with van der Waals surface area (Å²) in [4.78, 5) is 11.7. The number of hydrogen-bond donors (Lipinski definition) is 1. The van der Waals surface area contributed by atoms with Crippen LogP contribution in [0, 0.1) is 0 Å². The van der Waals surface area contributed by atoms with Crippen molar-refractivity contribution in [2.75, 3.05) is 7.11 Å². The second-order valence-electron chi connectivity index (χ2n) is 5.98. The van der Waals surface area contributed by atoms with Crippen molar-refractivity contribution in [1.82, 2.24) is 4.72 Å². The molecule has 0 amide bonds. The summed E-state index contributed by atoms with van der Waals surface area (Å²) in [5.74, 6) is -1.72. The van der Waals surface area contributed by atoms with Crippen LogP contribution in [0.3, 0.4) is 0 Å². The molecule has 1 N–H and O–H groups in total. The lowest BCUT2D eigenvalue weighted by atomic mass is 9.95. The van der Waals surface area contributed by atoms with E-state index in [0.717, 1.165) is 44.6 Å². The molecule has 0 aromatic heterocycles. The monoisotopic (exact) mass is 407 g/mol. The van der Waals surface area contributed by atoms with Crippen molar-refractivity contribution in [2.24, 2.45) is 0 Å². The van der Waals surface area contributed by atoms with Crippen LogP contribution >= 0.6 is 0 Å². The Hall–Kier alpha value is -1.87. The van der Waals surface area contributed by atoms with Crippen molar-refractivity contribution in [3.05, 3.63) is 42.5 Å². The van der Waals surface area contributed by atoms with E-state index in [1.54, 1.807) is 0 Å². The average Bonchev–Trinajstić information content (AvgIpc) is 2.62. The second kappa shape index (κ2) is 9.89. The van der Waals surface area contributed by atoms with Crippen molar-refractivity contribution in [1.29, 1.82) is 0 Å². The van der Waals surface area contributed by atoms with E-state index in [9.17, 15) is 26.4 Å². The van der Waals surface area contributed by atoms with Gasteiger partial charge in [-0.3, -0.25) is 0 Å². The van der Waals surface area contributed by atoms with Gasteiger partial charge in [0.05, 0.1) is 12.0 Å². The van der Waals surface area contributed by atoms with Gasteiger partial charge in [-0.25, -0.2) is 13.2 Å². The first-order valence-electron chi connectivity index (χ1n) is 8.50. The molecule has 9 heteroatoms. The molecule has 1 unspecified atom stereocenters. The average molecular weight is 407 g/mol. The van der Waals surface area contributed by atoms with Gasteiger partial charge in [-0.15, -0.1) is 0 Å². The maximum Gasteiger partial charge on any atom is 0.418 e. The van der Waals surface area contributed by atoms with Crippen LogP contribution in [0.2, 0.25) is 0 Å². The van der Waals surface area contributed by atoms with Gasteiger partial charge in [0.25, 0.3) is 0 Å². The zero-order valence-electron chi connectivity index (χ0n) is 15.3. The lowest BCUT2D eigenvalue weighted by molar-refractivity contribution is -0.207. The third kappa shape index (κ3) is 6.07. The fourth-order valence-electron chi connectivity index (χ4n) is 2.41. The summed E-state index contributed by atoms with van der Waals surface area (Å²) in [6.45, 7) is 1.99. The van der Waals surface area contributed by atoms with Crippen molar-refractivity contribution >= 4 is 16.0 Å². The van der Waals surface area contributed by atoms with Crippen LogP contribution in [0.15, 0.2) is 47.4 Å². The Morgan fingerprint density at radius 3 is 2.30 bits per heavy atom. The highest BCUT2D eigenvalue weighted by molar-refractivity contribution is 7.89. The Morgan fingerprint density at radius 2 is 1.78 bits per heavy atom. The summed E-state index contributed by atoms with van der Waals surface area (Å²) >= 11 is 0. The first kappa shape index (κ1) is 23.2. The molecule has 0 aliphatic heterocycles. The minimum atomic E-state index is -5.20. The fourth-order valence-corrected chi connectivity index (χ4v) is 3.78. The minimum absolute atomic E-state index is 0.380. The van der Waals surface area contributed by atoms with Gasteiger partial charge in [0.2, 0.25) is 15.6 Å². The molecule has 1 aromatic rings. The molecule has 1 atom stereocenters. The number of carbonyl (C=O) groups is 1. The first-order valence-corrected chi connectivity index (χ1v) is 9.98. The molecule has 0 fully saturated rings. The van der Waals surface area contributed by atoms with Gasteiger partial charge in [-0.1, -0.05) is 50.1 Å². The van der Waals surface area contributed by atoms with Crippen LogP contribution in [0.25, 0.3) is 0 Å². The van der Waals surface area contributed by atoms with Crippen LogP contribution < -0.4 is 4.72 Å². The number of carbonyl (C=O) groups excluding carboxylic acids is 1. The van der Waals surface area contributed by atoms with E-state index >= 15 is 0 Å². The molecule has 0 bridgehead atoms. The van der Waals surface area contributed by atoms with Crippen LogP contribution in [-0.2, 0) is 19.6 Å². The lowest BCUT2D eigenvalue weighted by Gasteiger charge is -2.32. The van der Waals surface area contributed by atoms with E-state index in [-0.39, 0.29) is 4.90 Å². The van der Waals surface area contributed by atoms with Crippen molar-refractivity contribution in [3.63, 3.8) is 0 Å². The lowest BCUT2D eigenvalue weighted by Crippen LogP contribution is -2.64. The van der Waals surface area contributed by atoms with Gasteiger partial charge in [0.15, 0.2) is 0 Å². The van der Waals surface area contributed by atoms with Crippen molar-refractivity contribution in [3.8, 4) is 0 Å². The summed E-state index contributed by atoms with van der Waals surface area (Å²) in [5.41, 5.74) is -3.41. The highest BCUT2D eigenvalue weighted by Crippen LogP contribution is 2.36. The second-order valence-corrected chi connectivity index (χ2v) is 7.67. The predicted molar refractivity (Wildman–Crippen MR) is 95.5 cm³/mol. The third-order valence-electron chi connectivity index (χ3n) is 3.94. The summed E-state index contributed by atoms with van der Waals surface area (Å²) in [7, 11) is -3.83. The zero-order chi connectivity index (χ0) is 20.6. The Kier molecular flexibility index (Phi) is 8.49. The summed E-state index contributed by atoms with van der Waals surface area (Å²) in [5, 5.41) is 0. The normalized spacial score (nSPS) is 14.9. The van der Waals surface area contributed by atoms with Crippen molar-refractivity contribution < 1.29 is 31.1 Å². The smallest absolute Gasteiger partial charge is 0.418 e. The number of methoxy groups -OCH3 is 1. The maximum absolute atomic E-state index is 13.8. The van der Waals surface area contributed by atoms with Crippen LogP contribution in [0.5, 0.6) is 0 Å². The molecule has 5 nitrogen and oxygen atoms in total. The number of sulfonamides is 1. The molecule has 0 aliphatic rings. The minimum Gasteiger partial charge on any atom is -0.467 e. The van der Waals surface area contributed by atoms with Gasteiger partial charge in [-0.2, -0.15) is 17.9 Å². The number of allylic oxidation sites excluding steroid dienone is 1. The Labute approximate surface area is 157 Å². The van der Waals surface area contributed by atoms with Gasteiger partial charge in [0.1, 0.15) is 0 Å². The van der Waals surface area contributed by atoms with Crippen molar-refractivity contribution in [2.45, 2.75) is 55.6 Å². The predicted octanol–water partition coefficient (Wildman–Crippen LogP) is 3.97. The molecule has 0 spiro atoms. The van der Waals surface area contributed by atoms with Crippen LogP contribution in [0.1, 0.15) is 39.0 Å². The van der Waals surface area contributed by atoms with Gasteiger partial charge >= 0.3 is 12.1 Å². The molecule has 0 saturated heterocycles. The topological polar surface area (TPSA) is 72.5 Å². The van der Waals surface area contributed by atoms with E-state index in [1.807, 2.05) is 6.92 Å². The molecule has 0 aliphatic carbocycles. The number of hydrogen-bond acceptors (Lipinski definition) is 4. The molecule has 0 heterocycles. The van der Waals surface area contributed by atoms with E-state index in [4.69, 9.17) is 0 Å². The van der Waals surface area contributed by atoms with Crippen LogP contribution in [-0.4, -0.2) is 33.2 Å². The van der Waals surface area contributed by atoms with Gasteiger partial charge in [-0.05, 0) is 25.0 Å². The molecule has 0 saturated carbocycles. The molecular weight excluding hydrogens is 383 g/mol. The third-order valence-corrected chi connectivity index (χ3v) is 5.45. The number of unbranched alkanes of at least 4 members (excludes halogenated alkanes) is 3. The maximum atomic E-state index is 13.8. The van der Waals surface area contributed by atoms with E-state index in [0.29, 0.717) is 6.42 Å². The van der Waals surface area contributed by atoms with Gasteiger partial charge in [0, 0.05) is 6.42 Å². The molecule has 1 aromatic carbocycles. The number of benzene rings is 1. The quantitative estimate of drug-likeness (QED) is 0.362. The number of ether oxygens (including phenoxy) is 1. The molecule has 152 valence electrons. The Morgan fingerprint density at radius 1 is 1.15 bits per heavy atom. The summed E-state index contributed by atoms with van der Waals surface area (Å²) in [6.07, 6.45) is -0.222. The SMILES string of the molecule is CCCCC/C=C/CC(NS(=O)(=O)c1ccccc1)(C(=O)OC)C(F)(F)F. The standard InChI is InChI=1S/C18H24F3NO4S/c1-3-4-5-6-7-11-14-17(16(23)26-2,18(19,20)21)22-27(24,25)15-12-9-8-10-13-15/h7-13,22H,3-6,14H2,1-2H3/b11-7+. The van der Waals surface area contributed by atoms with Crippen LogP contribution in [0.4, 0.5) is 13.2 Å². The largest absolute Gasteiger partial charge is 0.467 e. The first-order chi connectivity index (χ1) is 12.6. The number of nitrogens with one attached hydrogen (secondary N) is 1. The summed E-state index contributed by atoms with van der Waals surface area (Å²) < 4.78 is 72.2. The zero-order valence-corrected chi connectivity index (χ0v) is 16.1. The number of halogens is 3. The van der Waals surface area contributed by atoms with Gasteiger partial charge < -0.3 is 4.74 Å². The van der Waals surface area contributed by atoms with E-state index in [2.05, 4.69) is 4.74 Å². The molecular formula is C18H24F3NO4S. The van der Waals surface area contributed by atoms with E-state index < -0.39 is 34.1 Å². The molecule has 27 heavy (non-hydrogen) atoms. The highest BCUT2D eigenvalue weighted by Gasteiger charge is 2.62. The molecule has 0 radical (unpaired) electrons. The van der Waals surface area contributed by atoms with E-state index in [1.165, 1.54) is 29.0 Å². The summed E-state index contributed by atoms with van der Waals surface area (Å²) in [6, 6.07) is 6.54.